The zero-order valence-electron chi connectivity index (χ0n) is 14.7. The Balaban J connectivity index is 0.000000552. The molecule has 2 heterocycles. The van der Waals surface area contributed by atoms with Crippen LogP contribution in [0.1, 0.15) is 24.2 Å². The van der Waals surface area contributed by atoms with Gasteiger partial charge in [-0.15, -0.1) is 11.6 Å². The molecule has 3 rings (SSSR count). The van der Waals surface area contributed by atoms with Crippen molar-refractivity contribution < 1.29 is 9.59 Å². The summed E-state index contributed by atoms with van der Waals surface area (Å²) in [6.07, 6.45) is 0.640. The van der Waals surface area contributed by atoms with Gasteiger partial charge in [-0.25, -0.2) is 4.98 Å². The summed E-state index contributed by atoms with van der Waals surface area (Å²) in [5.74, 6) is -0.332. The first-order valence-corrected chi connectivity index (χ1v) is 8.48. The number of alkyl halides is 1. The summed E-state index contributed by atoms with van der Waals surface area (Å²) in [6.45, 7) is 4.49. The van der Waals surface area contributed by atoms with E-state index in [4.69, 9.17) is 33.6 Å². The zero-order valence-corrected chi connectivity index (χ0v) is 15.5. The Hall–Kier alpha value is -2.64. The molecule has 3 aromatic rings. The summed E-state index contributed by atoms with van der Waals surface area (Å²) >= 11 is 4.82. The van der Waals surface area contributed by atoms with E-state index in [9.17, 15) is 4.79 Å². The van der Waals surface area contributed by atoms with E-state index in [2.05, 4.69) is 4.98 Å². The van der Waals surface area contributed by atoms with Crippen molar-refractivity contribution in [3.8, 4) is 0 Å². The van der Waals surface area contributed by atoms with E-state index in [0.717, 1.165) is 16.3 Å². The van der Waals surface area contributed by atoms with E-state index < -0.39 is 11.4 Å². The second kappa shape index (κ2) is 7.72. The molecule has 0 saturated carbocycles. The van der Waals surface area contributed by atoms with Gasteiger partial charge in [-0.05, 0) is 26.0 Å². The minimum Gasteiger partial charge on any atom is -0.383 e. The number of pyridine rings is 1. The lowest BCUT2D eigenvalue weighted by atomic mass is 10.1. The molecule has 2 aromatic heterocycles. The predicted octanol–water partition coefficient (Wildman–Crippen LogP) is 2.03. The smallest absolute Gasteiger partial charge is 0.252 e. The maximum Gasteiger partial charge on any atom is 0.252 e. The van der Waals surface area contributed by atoms with Crippen LogP contribution in [0.3, 0.4) is 0 Å². The fourth-order valence-electron chi connectivity index (χ4n) is 2.74. The van der Waals surface area contributed by atoms with Crippen LogP contribution in [0.4, 0.5) is 5.82 Å². The standard InChI is InChI=1S/C16H19N5O.C2H3ClO/c1-16(2,19)8-21-12-6-4-3-5-9(12)10-7-11(14(18)22)13(17)20-15(10)21;3-1-2-4/h3-7H,8,19H2,1-2H3,(H2,17,20)(H2,18,22);2H,1H2. The third kappa shape index (κ3) is 4.12. The Labute approximate surface area is 156 Å². The number of nitrogen functional groups attached to an aromatic ring is 1. The monoisotopic (exact) mass is 375 g/mol. The van der Waals surface area contributed by atoms with Crippen LogP contribution in [0, 0.1) is 0 Å². The molecule has 8 heteroatoms. The highest BCUT2D eigenvalue weighted by atomic mass is 35.5. The van der Waals surface area contributed by atoms with Gasteiger partial charge in [0, 0.05) is 22.9 Å². The third-order valence-corrected chi connectivity index (χ3v) is 3.79. The number of fused-ring (bicyclic) bond motifs is 3. The number of hydrogen-bond donors (Lipinski definition) is 3. The van der Waals surface area contributed by atoms with Crippen LogP contribution in [0.15, 0.2) is 30.3 Å². The molecule has 0 atom stereocenters. The predicted molar refractivity (Wildman–Crippen MR) is 105 cm³/mol. The molecule has 26 heavy (non-hydrogen) atoms. The SMILES string of the molecule is CC(C)(N)Cn1c2ccccc2c2cc(C(N)=O)c(N)nc21.O=CCCl. The maximum atomic E-state index is 11.5. The van der Waals surface area contributed by atoms with Crippen LogP contribution in [0.5, 0.6) is 0 Å². The molecule has 1 amide bonds. The van der Waals surface area contributed by atoms with Crippen LogP contribution in [0.2, 0.25) is 0 Å². The normalized spacial score (nSPS) is 11.2. The molecule has 0 aliphatic heterocycles. The number of hydrogen-bond acceptors (Lipinski definition) is 5. The fourth-order valence-corrected chi connectivity index (χ4v) is 2.74. The van der Waals surface area contributed by atoms with E-state index in [1.165, 1.54) is 0 Å². The van der Waals surface area contributed by atoms with Gasteiger partial charge in [0.15, 0.2) is 0 Å². The molecular formula is C18H22ClN5O2. The molecule has 0 aliphatic carbocycles. The van der Waals surface area contributed by atoms with Crippen LogP contribution in [0.25, 0.3) is 21.9 Å². The molecule has 0 bridgehead atoms. The lowest BCUT2D eigenvalue weighted by Crippen LogP contribution is -2.37. The number of carbonyl (C=O) groups excluding carboxylic acids is 2. The number of para-hydroxylation sites is 1. The van der Waals surface area contributed by atoms with Crippen molar-refractivity contribution >= 4 is 51.5 Å². The van der Waals surface area contributed by atoms with Crippen molar-refractivity contribution in [2.75, 3.05) is 11.6 Å². The number of anilines is 1. The van der Waals surface area contributed by atoms with Gasteiger partial charge in [0.25, 0.3) is 5.91 Å². The summed E-state index contributed by atoms with van der Waals surface area (Å²) in [6, 6.07) is 9.60. The Bertz CT molecular complexity index is 960. The summed E-state index contributed by atoms with van der Waals surface area (Å²) < 4.78 is 2.03. The van der Waals surface area contributed by atoms with Gasteiger partial charge >= 0.3 is 0 Å². The second-order valence-electron chi connectivity index (χ2n) is 6.57. The fraction of sp³-hybridized carbons (Fsp3) is 0.278. The van der Waals surface area contributed by atoms with Gasteiger partial charge in [-0.3, -0.25) is 4.79 Å². The molecule has 0 fully saturated rings. The van der Waals surface area contributed by atoms with Gasteiger partial charge in [0.2, 0.25) is 0 Å². The number of carbonyl (C=O) groups is 2. The number of nitrogens with zero attached hydrogens (tertiary/aromatic N) is 2. The third-order valence-electron chi connectivity index (χ3n) is 3.67. The highest BCUT2D eigenvalue weighted by molar-refractivity contribution is 6.24. The number of rotatable bonds is 4. The number of primary amides is 1. The van der Waals surface area contributed by atoms with Crippen molar-refractivity contribution in [1.29, 1.82) is 0 Å². The first kappa shape index (κ1) is 19.7. The van der Waals surface area contributed by atoms with Crippen LogP contribution in [-0.2, 0) is 11.3 Å². The van der Waals surface area contributed by atoms with Crippen molar-refractivity contribution in [2.45, 2.75) is 25.9 Å². The van der Waals surface area contributed by atoms with Crippen molar-refractivity contribution in [1.82, 2.24) is 9.55 Å². The first-order valence-electron chi connectivity index (χ1n) is 7.95. The van der Waals surface area contributed by atoms with E-state index in [-0.39, 0.29) is 17.3 Å². The quantitative estimate of drug-likeness (QED) is 0.474. The molecule has 6 N–H and O–H groups in total. The average molecular weight is 376 g/mol. The minimum atomic E-state index is -0.581. The van der Waals surface area contributed by atoms with Crippen molar-refractivity contribution in [3.05, 3.63) is 35.9 Å². The Morgan fingerprint density at radius 3 is 2.46 bits per heavy atom. The molecular weight excluding hydrogens is 354 g/mol. The van der Waals surface area contributed by atoms with Crippen LogP contribution in [-0.4, -0.2) is 33.2 Å². The lowest BCUT2D eigenvalue weighted by Gasteiger charge is -2.20. The van der Waals surface area contributed by atoms with Gasteiger partial charge in [0.05, 0.1) is 17.0 Å². The van der Waals surface area contributed by atoms with E-state index >= 15 is 0 Å². The van der Waals surface area contributed by atoms with Gasteiger partial charge in [-0.2, -0.15) is 0 Å². The Morgan fingerprint density at radius 1 is 1.31 bits per heavy atom. The van der Waals surface area contributed by atoms with E-state index in [1.807, 2.05) is 42.7 Å². The largest absolute Gasteiger partial charge is 0.383 e. The van der Waals surface area contributed by atoms with E-state index in [1.54, 1.807) is 6.07 Å². The number of benzene rings is 1. The van der Waals surface area contributed by atoms with Gasteiger partial charge < -0.3 is 26.6 Å². The van der Waals surface area contributed by atoms with Crippen molar-refractivity contribution in [2.24, 2.45) is 11.5 Å². The number of halogens is 1. The van der Waals surface area contributed by atoms with E-state index in [0.29, 0.717) is 18.5 Å². The Morgan fingerprint density at radius 2 is 1.92 bits per heavy atom. The lowest BCUT2D eigenvalue weighted by molar-refractivity contribution is -0.105. The summed E-state index contributed by atoms with van der Waals surface area (Å²) in [7, 11) is 0. The van der Waals surface area contributed by atoms with Crippen LogP contribution < -0.4 is 17.2 Å². The molecule has 1 aromatic carbocycles. The zero-order chi connectivity index (χ0) is 19.5. The molecule has 0 spiro atoms. The number of nitrogens with two attached hydrogens (primary N) is 3. The Kier molecular flexibility index (Phi) is 5.84. The molecule has 7 nitrogen and oxygen atoms in total. The second-order valence-corrected chi connectivity index (χ2v) is 6.88. The average Bonchev–Trinajstić information content (AvgIpc) is 2.86. The summed E-state index contributed by atoms with van der Waals surface area (Å²) in [5, 5.41) is 1.85. The summed E-state index contributed by atoms with van der Waals surface area (Å²) in [5.41, 5.74) is 19.0. The highest BCUT2D eigenvalue weighted by Crippen LogP contribution is 2.30. The minimum absolute atomic E-state index is 0.111. The number of aromatic nitrogens is 2. The van der Waals surface area contributed by atoms with Crippen molar-refractivity contribution in [3.63, 3.8) is 0 Å². The van der Waals surface area contributed by atoms with Gasteiger partial charge in [0.1, 0.15) is 17.8 Å². The summed E-state index contributed by atoms with van der Waals surface area (Å²) in [4.78, 5) is 25.0. The highest BCUT2D eigenvalue weighted by Gasteiger charge is 2.20. The maximum absolute atomic E-state index is 11.5. The first-order chi connectivity index (χ1) is 12.2. The molecule has 0 saturated heterocycles. The molecule has 0 radical (unpaired) electrons. The topological polar surface area (TPSA) is 130 Å². The molecule has 0 unspecified atom stereocenters. The number of amides is 1. The van der Waals surface area contributed by atoms with Gasteiger partial charge in [-0.1, -0.05) is 18.2 Å². The molecule has 138 valence electrons. The van der Waals surface area contributed by atoms with Crippen LogP contribution >= 0.6 is 11.6 Å². The molecule has 0 aliphatic rings. The number of aldehydes is 1.